The first-order valence-electron chi connectivity index (χ1n) is 2.81. The molecule has 0 aliphatic heterocycles. The molecule has 0 unspecified atom stereocenters. The summed E-state index contributed by atoms with van der Waals surface area (Å²) in [4.78, 5) is 12.9. The minimum Gasteiger partial charge on any atom is -0.478 e. The number of hydrogen-bond donors (Lipinski definition) is 2. The zero-order valence-corrected chi connectivity index (χ0v) is 7.20. The first-order chi connectivity index (χ1) is 5.04. The van der Waals surface area contributed by atoms with Crippen LogP contribution in [0.3, 0.4) is 0 Å². The van der Waals surface area contributed by atoms with Gasteiger partial charge < -0.3 is 10.1 Å². The van der Waals surface area contributed by atoms with Gasteiger partial charge in [-0.15, -0.1) is 0 Å². The van der Waals surface area contributed by atoms with Crippen LogP contribution in [0.2, 0.25) is 0 Å². The Morgan fingerprint density at radius 3 is 2.45 bits per heavy atom. The largest absolute Gasteiger partial charge is 0.478 e. The number of carbonyl (C=O) groups is 1. The summed E-state index contributed by atoms with van der Waals surface area (Å²) in [6.07, 6.45) is 0. The van der Waals surface area contributed by atoms with Crippen LogP contribution in [-0.4, -0.2) is 16.1 Å². The van der Waals surface area contributed by atoms with Crippen LogP contribution in [0.15, 0.2) is 4.60 Å². The predicted octanol–water partition coefficient (Wildman–Crippen LogP) is 1.92. The molecule has 0 spiro atoms. The highest BCUT2D eigenvalue weighted by atomic mass is 79.9. The summed E-state index contributed by atoms with van der Waals surface area (Å²) in [5.74, 6) is -2.02. The predicted molar refractivity (Wildman–Crippen MR) is 40.1 cm³/mol. The van der Waals surface area contributed by atoms with E-state index in [1.165, 1.54) is 6.92 Å². The van der Waals surface area contributed by atoms with Crippen molar-refractivity contribution in [2.24, 2.45) is 0 Å². The van der Waals surface area contributed by atoms with Gasteiger partial charge in [0.1, 0.15) is 10.2 Å². The summed E-state index contributed by atoms with van der Waals surface area (Å²) < 4.78 is 12.9. The van der Waals surface area contributed by atoms with Gasteiger partial charge in [0, 0.05) is 5.69 Å². The van der Waals surface area contributed by atoms with Gasteiger partial charge in [-0.25, -0.2) is 9.18 Å². The molecule has 1 heterocycles. The zero-order chi connectivity index (χ0) is 8.59. The lowest BCUT2D eigenvalue weighted by Crippen LogP contribution is -1.99. The minimum atomic E-state index is -1.26. The van der Waals surface area contributed by atoms with E-state index >= 15 is 0 Å². The van der Waals surface area contributed by atoms with E-state index in [0.29, 0.717) is 5.69 Å². The topological polar surface area (TPSA) is 53.1 Å². The van der Waals surface area contributed by atoms with Gasteiger partial charge in [-0.05, 0) is 22.9 Å². The number of aryl methyl sites for hydroxylation is 1. The Morgan fingerprint density at radius 1 is 1.73 bits per heavy atom. The molecule has 0 saturated carbocycles. The van der Waals surface area contributed by atoms with E-state index in [1.54, 1.807) is 0 Å². The van der Waals surface area contributed by atoms with E-state index in [0.717, 1.165) is 0 Å². The Labute approximate surface area is 70.4 Å². The van der Waals surface area contributed by atoms with Gasteiger partial charge in [-0.1, -0.05) is 0 Å². The lowest BCUT2D eigenvalue weighted by Gasteiger charge is -1.89. The smallest absolute Gasteiger partial charge is 0.340 e. The van der Waals surface area contributed by atoms with Crippen LogP contribution in [0.5, 0.6) is 0 Å². The molecule has 0 atom stereocenters. The van der Waals surface area contributed by atoms with Crippen molar-refractivity contribution < 1.29 is 14.3 Å². The number of rotatable bonds is 1. The zero-order valence-electron chi connectivity index (χ0n) is 5.61. The Kier molecular flexibility index (Phi) is 1.99. The fraction of sp³-hybridized carbons (Fsp3) is 0.167. The summed E-state index contributed by atoms with van der Waals surface area (Å²) in [5, 5.41) is 8.48. The molecule has 0 aliphatic rings. The van der Waals surface area contributed by atoms with E-state index in [4.69, 9.17) is 5.11 Å². The first kappa shape index (κ1) is 8.26. The molecule has 3 nitrogen and oxygen atoms in total. The highest BCUT2D eigenvalue weighted by Crippen LogP contribution is 2.20. The molecule has 0 amide bonds. The molecule has 2 N–H and O–H groups in total. The normalized spacial score (nSPS) is 10.1. The molecule has 0 bridgehead atoms. The van der Waals surface area contributed by atoms with Crippen LogP contribution in [0, 0.1) is 12.7 Å². The van der Waals surface area contributed by atoms with Gasteiger partial charge >= 0.3 is 5.97 Å². The maximum absolute atomic E-state index is 12.8. The highest BCUT2D eigenvalue weighted by Gasteiger charge is 2.18. The molecule has 0 saturated heterocycles. The molecule has 0 fully saturated rings. The van der Waals surface area contributed by atoms with Gasteiger partial charge in [-0.3, -0.25) is 0 Å². The molecule has 1 aromatic heterocycles. The summed E-state index contributed by atoms with van der Waals surface area (Å²) in [6.45, 7) is 1.50. The van der Waals surface area contributed by atoms with Crippen molar-refractivity contribution in [1.29, 1.82) is 0 Å². The van der Waals surface area contributed by atoms with E-state index in [1.807, 2.05) is 0 Å². The third kappa shape index (κ3) is 1.28. The van der Waals surface area contributed by atoms with Crippen molar-refractivity contribution in [3.05, 3.63) is 21.7 Å². The van der Waals surface area contributed by atoms with Crippen molar-refractivity contribution in [2.75, 3.05) is 0 Å². The lowest BCUT2D eigenvalue weighted by atomic mass is 10.2. The molecular weight excluding hydrogens is 217 g/mol. The first-order valence-corrected chi connectivity index (χ1v) is 3.60. The van der Waals surface area contributed by atoms with Gasteiger partial charge in [-0.2, -0.15) is 0 Å². The molecule has 0 aromatic carbocycles. The quantitative estimate of drug-likeness (QED) is 0.762. The molecule has 1 rings (SSSR count). The monoisotopic (exact) mass is 221 g/mol. The summed E-state index contributed by atoms with van der Waals surface area (Å²) in [6, 6.07) is 0. The van der Waals surface area contributed by atoms with Crippen molar-refractivity contribution in [3.63, 3.8) is 0 Å². The van der Waals surface area contributed by atoms with Gasteiger partial charge in [0.15, 0.2) is 5.82 Å². The number of aromatic nitrogens is 1. The third-order valence-corrected chi connectivity index (χ3v) is 1.84. The number of hydrogen-bond acceptors (Lipinski definition) is 1. The fourth-order valence-corrected chi connectivity index (χ4v) is 1.31. The van der Waals surface area contributed by atoms with Crippen LogP contribution in [0.1, 0.15) is 16.1 Å². The highest BCUT2D eigenvalue weighted by molar-refractivity contribution is 9.10. The molecule has 60 valence electrons. The van der Waals surface area contributed by atoms with Crippen LogP contribution in [0.25, 0.3) is 0 Å². The third-order valence-electron chi connectivity index (χ3n) is 1.30. The number of aromatic amines is 1. The number of halogens is 2. The van der Waals surface area contributed by atoms with Crippen LogP contribution in [-0.2, 0) is 0 Å². The number of H-pyrrole nitrogens is 1. The van der Waals surface area contributed by atoms with E-state index in [2.05, 4.69) is 20.9 Å². The second kappa shape index (κ2) is 2.65. The van der Waals surface area contributed by atoms with Crippen LogP contribution < -0.4 is 0 Å². The minimum absolute atomic E-state index is 0.0763. The molecule has 0 radical (unpaired) electrons. The summed E-state index contributed by atoms with van der Waals surface area (Å²) in [7, 11) is 0. The maximum Gasteiger partial charge on any atom is 0.340 e. The Hall–Kier alpha value is -0.840. The van der Waals surface area contributed by atoms with E-state index in [9.17, 15) is 9.18 Å². The molecule has 0 aliphatic carbocycles. The van der Waals surface area contributed by atoms with Gasteiger partial charge in [0.2, 0.25) is 0 Å². The van der Waals surface area contributed by atoms with Crippen molar-refractivity contribution in [3.8, 4) is 0 Å². The van der Waals surface area contributed by atoms with Gasteiger partial charge in [0.25, 0.3) is 0 Å². The Morgan fingerprint density at radius 2 is 2.27 bits per heavy atom. The number of carboxylic acids is 1. The summed E-state index contributed by atoms with van der Waals surface area (Å²) in [5.41, 5.74) is -0.00116. The van der Waals surface area contributed by atoms with Crippen LogP contribution >= 0.6 is 15.9 Å². The Balaban J connectivity index is 3.34. The molecule has 1 aromatic rings. The lowest BCUT2D eigenvalue weighted by molar-refractivity contribution is 0.0691. The maximum atomic E-state index is 12.8. The summed E-state index contributed by atoms with van der Waals surface area (Å²) >= 11 is 2.84. The second-order valence-corrected chi connectivity index (χ2v) is 2.85. The number of carboxylic acid groups (broad SMARTS) is 1. The number of aromatic carboxylic acids is 1. The van der Waals surface area contributed by atoms with Crippen molar-refractivity contribution in [2.45, 2.75) is 6.92 Å². The SMILES string of the molecule is Cc1[nH]c(Br)c(F)c1C(=O)O. The van der Waals surface area contributed by atoms with Gasteiger partial charge in [0.05, 0.1) is 0 Å². The molecule has 11 heavy (non-hydrogen) atoms. The average Bonchev–Trinajstić information content (AvgIpc) is 2.07. The molecular formula is C6H5BrFNO2. The van der Waals surface area contributed by atoms with Crippen molar-refractivity contribution >= 4 is 21.9 Å². The Bertz CT molecular complexity index is 308. The van der Waals surface area contributed by atoms with Crippen molar-refractivity contribution in [1.82, 2.24) is 4.98 Å². The number of nitrogens with one attached hydrogen (secondary N) is 1. The fourth-order valence-electron chi connectivity index (χ4n) is 0.811. The standard InChI is InChI=1S/C6H5BrFNO2/c1-2-3(6(10)11)4(8)5(7)9-2/h9H,1H3,(H,10,11). The van der Waals surface area contributed by atoms with Crippen LogP contribution in [0.4, 0.5) is 4.39 Å². The second-order valence-electron chi connectivity index (χ2n) is 2.06. The molecule has 5 heteroatoms. The average molecular weight is 222 g/mol. The van der Waals surface area contributed by atoms with E-state index < -0.39 is 11.8 Å². The van der Waals surface area contributed by atoms with E-state index in [-0.39, 0.29) is 10.2 Å².